The highest BCUT2D eigenvalue weighted by Gasteiger charge is 2.22. The van der Waals surface area contributed by atoms with Crippen molar-refractivity contribution in [1.29, 1.82) is 0 Å². The minimum absolute atomic E-state index is 0.234. The van der Waals surface area contributed by atoms with E-state index in [-0.39, 0.29) is 17.9 Å². The zero-order valence-corrected chi connectivity index (χ0v) is 15.0. The van der Waals surface area contributed by atoms with E-state index >= 15 is 0 Å². The van der Waals surface area contributed by atoms with Crippen LogP contribution in [0.25, 0.3) is 10.2 Å². The highest BCUT2D eigenvalue weighted by molar-refractivity contribution is 7.18. The monoisotopic (exact) mass is 354 g/mol. The lowest BCUT2D eigenvalue weighted by Gasteiger charge is -2.07. The number of carbonyl (C=O) groups excluding carboxylic acids is 1. The van der Waals surface area contributed by atoms with Crippen LogP contribution in [0.3, 0.4) is 0 Å². The van der Waals surface area contributed by atoms with Crippen LogP contribution < -0.4 is 11.2 Å². The smallest absolute Gasteiger partial charge is 0.298 e. The largest absolute Gasteiger partial charge is 0.329 e. The highest BCUT2D eigenvalue weighted by atomic mass is 32.1. The van der Waals surface area contributed by atoms with E-state index in [1.54, 1.807) is 12.1 Å². The van der Waals surface area contributed by atoms with Crippen LogP contribution in [-0.2, 0) is 19.4 Å². The maximum Gasteiger partial charge on any atom is 0.329 e. The Balaban J connectivity index is 1.79. The van der Waals surface area contributed by atoms with Crippen LogP contribution in [0.2, 0.25) is 0 Å². The summed E-state index contributed by atoms with van der Waals surface area (Å²) in [5, 5.41) is 0.588. The molecule has 2 aromatic heterocycles. The molecule has 1 aromatic carbocycles. The summed E-state index contributed by atoms with van der Waals surface area (Å²) in [5.74, 6) is -0.234. The maximum absolute atomic E-state index is 12.9. The Hall–Kier alpha value is -2.47. The number of nitrogens with one attached hydrogen (secondary N) is 1. The summed E-state index contributed by atoms with van der Waals surface area (Å²) in [5.41, 5.74) is 2.81. The number of H-pyrrole nitrogens is 1. The molecule has 0 bridgehead atoms. The molecule has 0 amide bonds. The van der Waals surface area contributed by atoms with Gasteiger partial charge in [0.15, 0.2) is 5.78 Å². The Morgan fingerprint density at radius 3 is 2.76 bits per heavy atom. The van der Waals surface area contributed by atoms with Gasteiger partial charge in [-0.25, -0.2) is 4.79 Å². The first-order valence-corrected chi connectivity index (χ1v) is 9.15. The first-order chi connectivity index (χ1) is 12.0. The highest BCUT2D eigenvalue weighted by Crippen LogP contribution is 2.33. The van der Waals surface area contributed by atoms with Gasteiger partial charge in [0.2, 0.25) is 0 Å². The van der Waals surface area contributed by atoms with Gasteiger partial charge in [0.05, 0.1) is 11.9 Å². The van der Waals surface area contributed by atoms with Gasteiger partial charge in [-0.3, -0.25) is 19.1 Å². The molecule has 0 spiro atoms. The van der Waals surface area contributed by atoms with Gasteiger partial charge in [0, 0.05) is 10.4 Å². The number of aryl methyl sites for hydroxylation is 4. The van der Waals surface area contributed by atoms with Crippen LogP contribution >= 0.6 is 11.3 Å². The molecular formula is C19H18N2O3S. The molecule has 128 valence electrons. The molecule has 2 heterocycles. The molecule has 0 saturated heterocycles. The van der Waals surface area contributed by atoms with Gasteiger partial charge in [-0.2, -0.15) is 0 Å². The van der Waals surface area contributed by atoms with Crippen LogP contribution in [0.5, 0.6) is 0 Å². The molecule has 0 unspecified atom stereocenters. The second-order valence-corrected chi connectivity index (χ2v) is 7.71. The molecule has 0 saturated carbocycles. The van der Waals surface area contributed by atoms with E-state index in [0.717, 1.165) is 40.5 Å². The fraction of sp³-hybridized carbons (Fsp3) is 0.316. The van der Waals surface area contributed by atoms with E-state index < -0.39 is 5.69 Å². The topological polar surface area (TPSA) is 71.9 Å². The predicted molar refractivity (Wildman–Crippen MR) is 99.0 cm³/mol. The van der Waals surface area contributed by atoms with Gasteiger partial charge in [-0.1, -0.05) is 12.1 Å². The van der Waals surface area contributed by atoms with E-state index in [2.05, 4.69) is 4.98 Å². The maximum atomic E-state index is 12.9. The number of aromatic amines is 1. The van der Waals surface area contributed by atoms with Crippen molar-refractivity contribution in [2.75, 3.05) is 0 Å². The van der Waals surface area contributed by atoms with E-state index in [1.807, 2.05) is 19.9 Å². The van der Waals surface area contributed by atoms with Gasteiger partial charge < -0.3 is 0 Å². The van der Waals surface area contributed by atoms with E-state index in [9.17, 15) is 14.4 Å². The van der Waals surface area contributed by atoms with Crippen LogP contribution in [0, 0.1) is 13.8 Å². The Labute approximate surface area is 147 Å². The fourth-order valence-electron chi connectivity index (χ4n) is 3.40. The summed E-state index contributed by atoms with van der Waals surface area (Å²) < 4.78 is 1.03. The van der Waals surface area contributed by atoms with Gasteiger partial charge >= 0.3 is 5.69 Å². The first-order valence-electron chi connectivity index (χ1n) is 8.33. The van der Waals surface area contributed by atoms with Gasteiger partial charge in [-0.05, 0) is 55.9 Å². The normalized spacial score (nSPS) is 13.4. The number of hydrogen-bond donors (Lipinski definition) is 1. The molecule has 3 aromatic rings. The quantitative estimate of drug-likeness (QED) is 0.735. The number of aromatic nitrogens is 2. The molecule has 0 atom stereocenters. The molecule has 6 heteroatoms. The number of benzene rings is 1. The summed E-state index contributed by atoms with van der Waals surface area (Å²) in [6, 6.07) is 5.42. The molecule has 0 fully saturated rings. The average molecular weight is 354 g/mol. The Morgan fingerprint density at radius 2 is 2.00 bits per heavy atom. The second kappa shape index (κ2) is 5.81. The lowest BCUT2D eigenvalue weighted by atomic mass is 10.0. The Bertz CT molecular complexity index is 1130. The molecule has 1 aliphatic rings. The van der Waals surface area contributed by atoms with Crippen molar-refractivity contribution in [1.82, 2.24) is 9.55 Å². The van der Waals surface area contributed by atoms with Crippen LogP contribution in [0.1, 0.15) is 38.3 Å². The minimum atomic E-state index is -0.519. The third-order valence-electron chi connectivity index (χ3n) is 4.98. The molecule has 4 rings (SSSR count). The summed E-state index contributed by atoms with van der Waals surface area (Å²) in [6.45, 7) is 3.67. The summed E-state index contributed by atoms with van der Waals surface area (Å²) in [7, 11) is 0. The Kier molecular flexibility index (Phi) is 3.72. The average Bonchev–Trinajstić information content (AvgIpc) is 3.14. The third kappa shape index (κ3) is 2.57. The van der Waals surface area contributed by atoms with Crippen LogP contribution in [0.4, 0.5) is 0 Å². The summed E-state index contributed by atoms with van der Waals surface area (Å²) in [6.07, 6.45) is 2.86. The molecule has 1 aliphatic carbocycles. The number of fused-ring (bicyclic) bond motifs is 3. The van der Waals surface area contributed by atoms with Crippen molar-refractivity contribution >= 4 is 27.3 Å². The number of Topliss-reactive ketones (excluding diaryl/α,β-unsaturated/α-hetero) is 1. The van der Waals surface area contributed by atoms with Crippen molar-refractivity contribution in [3.05, 3.63) is 66.2 Å². The molecule has 0 aliphatic heterocycles. The zero-order chi connectivity index (χ0) is 17.7. The number of ketones is 1. The van der Waals surface area contributed by atoms with Crippen molar-refractivity contribution in [2.45, 2.75) is 39.7 Å². The van der Waals surface area contributed by atoms with Gasteiger partial charge in [0.1, 0.15) is 4.83 Å². The minimum Gasteiger partial charge on any atom is -0.298 e. The number of hydrogen-bond acceptors (Lipinski definition) is 4. The third-order valence-corrected chi connectivity index (χ3v) is 6.18. The second-order valence-electron chi connectivity index (χ2n) is 6.61. The fourth-order valence-corrected chi connectivity index (χ4v) is 4.67. The zero-order valence-electron chi connectivity index (χ0n) is 14.1. The summed E-state index contributed by atoms with van der Waals surface area (Å²) >= 11 is 1.49. The molecule has 25 heavy (non-hydrogen) atoms. The molecule has 5 nitrogen and oxygen atoms in total. The standard InChI is InChI=1S/C19H18N2O3S/c1-10-6-7-12(8-11(10)2)14(22)9-21-18(23)16-13-4-3-5-15(13)25-17(16)20-19(21)24/h6-8H,3-5,9H2,1-2H3,(H,20,24). The van der Waals surface area contributed by atoms with E-state index in [1.165, 1.54) is 16.2 Å². The van der Waals surface area contributed by atoms with E-state index in [4.69, 9.17) is 0 Å². The molecular weight excluding hydrogens is 336 g/mol. The lowest BCUT2D eigenvalue weighted by molar-refractivity contribution is 0.0969. The van der Waals surface area contributed by atoms with Gasteiger partial charge in [0.25, 0.3) is 5.56 Å². The lowest BCUT2D eigenvalue weighted by Crippen LogP contribution is -2.37. The predicted octanol–water partition coefficient (Wildman–Crippen LogP) is 2.74. The summed E-state index contributed by atoms with van der Waals surface area (Å²) in [4.78, 5) is 42.4. The van der Waals surface area contributed by atoms with E-state index in [0.29, 0.717) is 15.8 Å². The SMILES string of the molecule is Cc1ccc(C(=O)Cn2c(=O)[nH]c3sc4c(c3c2=O)CCC4)cc1C. The number of carbonyl (C=O) groups is 1. The van der Waals surface area contributed by atoms with Crippen molar-refractivity contribution in [3.8, 4) is 0 Å². The van der Waals surface area contributed by atoms with Gasteiger partial charge in [-0.15, -0.1) is 11.3 Å². The first kappa shape index (κ1) is 16.0. The van der Waals surface area contributed by atoms with Crippen LogP contribution in [-0.4, -0.2) is 15.3 Å². The Morgan fingerprint density at radius 1 is 1.20 bits per heavy atom. The number of rotatable bonds is 3. The number of thiophene rings is 1. The van der Waals surface area contributed by atoms with Crippen molar-refractivity contribution < 1.29 is 4.79 Å². The molecule has 1 N–H and O–H groups in total. The molecule has 0 radical (unpaired) electrons. The van der Waals surface area contributed by atoms with Crippen LogP contribution in [0.15, 0.2) is 27.8 Å². The van der Waals surface area contributed by atoms with Crippen molar-refractivity contribution in [2.24, 2.45) is 0 Å². The number of nitrogens with zero attached hydrogens (tertiary/aromatic N) is 1. The van der Waals surface area contributed by atoms with Crippen molar-refractivity contribution in [3.63, 3.8) is 0 Å².